The highest BCUT2D eigenvalue weighted by Gasteiger charge is 2.01. The van der Waals surface area contributed by atoms with Gasteiger partial charge in [0.1, 0.15) is 5.82 Å². The molecule has 17 heavy (non-hydrogen) atoms. The lowest BCUT2D eigenvalue weighted by molar-refractivity contribution is 0.627. The quantitative estimate of drug-likeness (QED) is 0.831. The highest BCUT2D eigenvalue weighted by molar-refractivity contribution is 7.97. The lowest BCUT2D eigenvalue weighted by Gasteiger charge is -2.05. The first-order valence-corrected chi connectivity index (χ1v) is 6.57. The summed E-state index contributed by atoms with van der Waals surface area (Å²) in [5.74, 6) is 1.42. The molecule has 0 aliphatic heterocycles. The molecule has 3 heteroatoms. The summed E-state index contributed by atoms with van der Waals surface area (Å²) in [6.45, 7) is 0. The fraction of sp³-hybridized carbons (Fsp3) is 0.143. The van der Waals surface area contributed by atoms with Crippen LogP contribution in [0.3, 0.4) is 0 Å². The van der Waals surface area contributed by atoms with Crippen LogP contribution in [0.5, 0.6) is 0 Å². The van der Waals surface area contributed by atoms with Crippen LogP contribution in [-0.4, -0.2) is 0 Å². The zero-order valence-corrected chi connectivity index (χ0v) is 10.2. The highest BCUT2D eigenvalue weighted by atomic mass is 32.2. The summed E-state index contributed by atoms with van der Waals surface area (Å²) in [5.41, 5.74) is 8.59. The van der Waals surface area contributed by atoms with Crippen LogP contribution in [0.15, 0.2) is 48.5 Å². The molecule has 0 aromatic heterocycles. The lowest BCUT2D eigenvalue weighted by atomic mass is 10.2. The van der Waals surface area contributed by atoms with Crippen LogP contribution in [0.2, 0.25) is 0 Å². The first-order valence-electron chi connectivity index (χ1n) is 5.41. The van der Waals surface area contributed by atoms with E-state index in [1.54, 1.807) is 17.8 Å². The first kappa shape index (κ1) is 12.0. The Balaban J connectivity index is 1.92. The van der Waals surface area contributed by atoms with E-state index in [4.69, 9.17) is 5.73 Å². The third-order valence-corrected chi connectivity index (χ3v) is 3.53. The van der Waals surface area contributed by atoms with Crippen LogP contribution in [0.25, 0.3) is 0 Å². The largest absolute Gasteiger partial charge is 0.398 e. The maximum atomic E-state index is 13.0. The molecule has 88 valence electrons. The first-order chi connectivity index (χ1) is 8.25. The third kappa shape index (κ3) is 3.49. The molecule has 2 N–H and O–H groups in total. The Kier molecular flexibility index (Phi) is 4.04. The number of anilines is 1. The molecular formula is C14H14FNS. The molecule has 2 rings (SSSR count). The van der Waals surface area contributed by atoms with Gasteiger partial charge in [-0.3, -0.25) is 0 Å². The van der Waals surface area contributed by atoms with Gasteiger partial charge >= 0.3 is 0 Å². The molecule has 0 radical (unpaired) electrons. The van der Waals surface area contributed by atoms with Gasteiger partial charge in [-0.15, -0.1) is 0 Å². The number of hydrogen-bond acceptors (Lipinski definition) is 2. The van der Waals surface area contributed by atoms with Gasteiger partial charge < -0.3 is 5.73 Å². The maximum absolute atomic E-state index is 13.0. The SMILES string of the molecule is Nc1ccc(F)cc1CSCc1ccccc1. The summed E-state index contributed by atoms with van der Waals surface area (Å²) < 4.78 is 13.0. The van der Waals surface area contributed by atoms with Crippen molar-refractivity contribution in [3.05, 3.63) is 65.5 Å². The lowest BCUT2D eigenvalue weighted by Crippen LogP contribution is -1.93. The fourth-order valence-corrected chi connectivity index (χ4v) is 2.55. The Bertz CT molecular complexity index is 485. The van der Waals surface area contributed by atoms with Gasteiger partial charge in [-0.2, -0.15) is 11.8 Å². The van der Waals surface area contributed by atoms with Crippen molar-refractivity contribution >= 4 is 17.4 Å². The van der Waals surface area contributed by atoms with Crippen LogP contribution >= 0.6 is 11.8 Å². The van der Waals surface area contributed by atoms with Crippen molar-refractivity contribution < 1.29 is 4.39 Å². The minimum absolute atomic E-state index is 0.227. The summed E-state index contributed by atoms with van der Waals surface area (Å²) in [5, 5.41) is 0. The van der Waals surface area contributed by atoms with E-state index in [1.165, 1.54) is 17.7 Å². The molecule has 0 aliphatic carbocycles. The second-order valence-corrected chi connectivity index (χ2v) is 4.81. The average Bonchev–Trinajstić information content (AvgIpc) is 2.35. The molecule has 0 fully saturated rings. The van der Waals surface area contributed by atoms with Crippen LogP contribution in [0.1, 0.15) is 11.1 Å². The van der Waals surface area contributed by atoms with E-state index in [0.29, 0.717) is 5.69 Å². The smallest absolute Gasteiger partial charge is 0.123 e. The molecule has 0 heterocycles. The summed E-state index contributed by atoms with van der Waals surface area (Å²) in [6.07, 6.45) is 0. The summed E-state index contributed by atoms with van der Waals surface area (Å²) in [6, 6.07) is 14.7. The number of thioether (sulfide) groups is 1. The van der Waals surface area contributed by atoms with E-state index in [-0.39, 0.29) is 5.82 Å². The number of nitrogens with two attached hydrogens (primary N) is 1. The zero-order valence-electron chi connectivity index (χ0n) is 9.40. The summed E-state index contributed by atoms with van der Waals surface area (Å²) in [7, 11) is 0. The van der Waals surface area contributed by atoms with Crippen molar-refractivity contribution in [3.8, 4) is 0 Å². The van der Waals surface area contributed by atoms with Gasteiger partial charge in [-0.25, -0.2) is 4.39 Å². The van der Waals surface area contributed by atoms with Gasteiger partial charge in [0, 0.05) is 17.2 Å². The van der Waals surface area contributed by atoms with Crippen LogP contribution in [0, 0.1) is 5.82 Å². The molecule has 1 nitrogen and oxygen atoms in total. The van der Waals surface area contributed by atoms with Gasteiger partial charge in [0.15, 0.2) is 0 Å². The molecule has 0 saturated carbocycles. The molecule has 0 unspecified atom stereocenters. The van der Waals surface area contributed by atoms with Crippen molar-refractivity contribution in [2.45, 2.75) is 11.5 Å². The van der Waals surface area contributed by atoms with Gasteiger partial charge in [0.05, 0.1) is 0 Å². The summed E-state index contributed by atoms with van der Waals surface area (Å²) in [4.78, 5) is 0. The molecule has 0 atom stereocenters. The van der Waals surface area contributed by atoms with Crippen molar-refractivity contribution in [1.82, 2.24) is 0 Å². The molecule has 0 saturated heterocycles. The zero-order chi connectivity index (χ0) is 12.1. The predicted octanol–water partition coefficient (Wildman–Crippen LogP) is 3.84. The van der Waals surface area contributed by atoms with E-state index >= 15 is 0 Å². The Labute approximate surface area is 105 Å². The normalized spacial score (nSPS) is 10.4. The Morgan fingerprint density at radius 2 is 1.76 bits per heavy atom. The highest BCUT2D eigenvalue weighted by Crippen LogP contribution is 2.22. The van der Waals surface area contributed by atoms with E-state index in [1.807, 2.05) is 18.2 Å². The Morgan fingerprint density at radius 3 is 2.53 bits per heavy atom. The number of hydrogen-bond donors (Lipinski definition) is 1. The van der Waals surface area contributed by atoms with Crippen molar-refractivity contribution in [2.75, 3.05) is 5.73 Å². The molecule has 0 amide bonds. The fourth-order valence-electron chi connectivity index (χ4n) is 1.55. The number of benzene rings is 2. The second-order valence-electron chi connectivity index (χ2n) is 3.82. The number of rotatable bonds is 4. The van der Waals surface area contributed by atoms with Gasteiger partial charge in [-0.1, -0.05) is 30.3 Å². The van der Waals surface area contributed by atoms with Crippen molar-refractivity contribution in [3.63, 3.8) is 0 Å². The molecular weight excluding hydrogens is 233 g/mol. The number of nitrogen functional groups attached to an aromatic ring is 1. The van der Waals surface area contributed by atoms with Gasteiger partial charge in [0.25, 0.3) is 0 Å². The number of halogens is 1. The standard InChI is InChI=1S/C14H14FNS/c15-13-6-7-14(16)12(8-13)10-17-9-11-4-2-1-3-5-11/h1-8H,9-10,16H2. The van der Waals surface area contributed by atoms with Crippen LogP contribution < -0.4 is 5.73 Å². The van der Waals surface area contributed by atoms with E-state index in [9.17, 15) is 4.39 Å². The van der Waals surface area contributed by atoms with Crippen molar-refractivity contribution in [1.29, 1.82) is 0 Å². The topological polar surface area (TPSA) is 26.0 Å². The molecule has 0 bridgehead atoms. The van der Waals surface area contributed by atoms with E-state index in [2.05, 4.69) is 12.1 Å². The monoisotopic (exact) mass is 247 g/mol. The van der Waals surface area contributed by atoms with Crippen LogP contribution in [0.4, 0.5) is 10.1 Å². The second kappa shape index (κ2) is 5.73. The minimum atomic E-state index is -0.227. The minimum Gasteiger partial charge on any atom is -0.398 e. The van der Waals surface area contributed by atoms with Gasteiger partial charge in [0.2, 0.25) is 0 Å². The van der Waals surface area contributed by atoms with E-state index in [0.717, 1.165) is 17.1 Å². The van der Waals surface area contributed by atoms with Gasteiger partial charge in [-0.05, 0) is 29.3 Å². The predicted molar refractivity (Wildman–Crippen MR) is 72.3 cm³/mol. The summed E-state index contributed by atoms with van der Waals surface area (Å²) >= 11 is 1.74. The maximum Gasteiger partial charge on any atom is 0.123 e. The average molecular weight is 247 g/mol. The Hall–Kier alpha value is -1.48. The van der Waals surface area contributed by atoms with Crippen LogP contribution in [-0.2, 0) is 11.5 Å². The molecule has 2 aromatic carbocycles. The molecule has 2 aromatic rings. The molecule has 0 aliphatic rings. The Morgan fingerprint density at radius 1 is 1.00 bits per heavy atom. The van der Waals surface area contributed by atoms with Crippen molar-refractivity contribution in [2.24, 2.45) is 0 Å². The third-order valence-electron chi connectivity index (χ3n) is 2.47. The van der Waals surface area contributed by atoms with E-state index < -0.39 is 0 Å². The molecule has 0 spiro atoms.